The Morgan fingerprint density at radius 3 is 2.34 bits per heavy atom. The number of benzene rings is 3. The monoisotopic (exact) mass is 507 g/mol. The molecule has 0 saturated carbocycles. The molecule has 0 fully saturated rings. The van der Waals surface area contributed by atoms with Crippen molar-refractivity contribution in [3.63, 3.8) is 0 Å². The van der Waals surface area contributed by atoms with Crippen molar-refractivity contribution in [1.82, 2.24) is 4.90 Å². The van der Waals surface area contributed by atoms with Crippen LogP contribution >= 0.6 is 0 Å². The quantitative estimate of drug-likeness (QED) is 0.406. The summed E-state index contributed by atoms with van der Waals surface area (Å²) in [5.74, 6) is 0.0398. The van der Waals surface area contributed by atoms with Gasteiger partial charge in [-0.1, -0.05) is 91.9 Å². The Labute approximate surface area is 224 Å². The lowest BCUT2D eigenvalue weighted by Gasteiger charge is -2.33. The van der Waals surface area contributed by atoms with Gasteiger partial charge < -0.3 is 14.7 Å². The molecule has 38 heavy (non-hydrogen) atoms. The fourth-order valence-electron chi connectivity index (χ4n) is 5.83. The molecule has 0 saturated heterocycles. The van der Waals surface area contributed by atoms with E-state index in [1.807, 2.05) is 35.4 Å². The van der Waals surface area contributed by atoms with Crippen LogP contribution in [0.4, 0.5) is 0 Å². The zero-order valence-electron chi connectivity index (χ0n) is 21.6. The van der Waals surface area contributed by atoms with E-state index in [0.717, 1.165) is 24.8 Å². The first-order chi connectivity index (χ1) is 18.4. The number of carbonyl (C=O) groups is 2. The van der Waals surface area contributed by atoms with Gasteiger partial charge in [0, 0.05) is 30.2 Å². The van der Waals surface area contributed by atoms with Crippen LogP contribution in [0, 0.1) is 11.3 Å². The van der Waals surface area contributed by atoms with Crippen molar-refractivity contribution >= 4 is 11.9 Å². The zero-order chi connectivity index (χ0) is 26.5. The predicted octanol–water partition coefficient (Wildman–Crippen LogP) is 6.01. The van der Waals surface area contributed by atoms with Crippen LogP contribution in [-0.2, 0) is 22.4 Å². The van der Waals surface area contributed by atoms with Crippen LogP contribution in [0.25, 0.3) is 0 Å². The van der Waals surface area contributed by atoms with E-state index < -0.39 is 5.97 Å². The maximum atomic E-state index is 13.2. The maximum absolute atomic E-state index is 13.2. The van der Waals surface area contributed by atoms with Gasteiger partial charge in [-0.2, -0.15) is 0 Å². The van der Waals surface area contributed by atoms with E-state index in [-0.39, 0.29) is 23.8 Å². The van der Waals surface area contributed by atoms with Crippen LogP contribution in [0.2, 0.25) is 0 Å². The van der Waals surface area contributed by atoms with Gasteiger partial charge in [0.15, 0.2) is 6.61 Å². The van der Waals surface area contributed by atoms with Crippen molar-refractivity contribution in [1.29, 1.82) is 0 Å². The SMILES string of the molecule is CC1(C(c2ccccc2)c2ccccc2)C=CC(=O)N(CC2CCc3c(cccc3OCC(=O)O)C2)C=C1. The molecule has 3 aromatic carbocycles. The van der Waals surface area contributed by atoms with Crippen molar-refractivity contribution in [3.8, 4) is 5.75 Å². The second-order valence-corrected chi connectivity index (χ2v) is 10.4. The Balaban J connectivity index is 1.36. The Morgan fingerprint density at radius 2 is 1.68 bits per heavy atom. The highest BCUT2D eigenvalue weighted by molar-refractivity contribution is 5.89. The first-order valence-corrected chi connectivity index (χ1v) is 13.2. The predicted molar refractivity (Wildman–Crippen MR) is 148 cm³/mol. The lowest BCUT2D eigenvalue weighted by Crippen LogP contribution is -2.32. The molecule has 1 heterocycles. The highest BCUT2D eigenvalue weighted by Gasteiger charge is 2.34. The van der Waals surface area contributed by atoms with Crippen LogP contribution in [-0.4, -0.2) is 35.0 Å². The van der Waals surface area contributed by atoms with E-state index in [1.165, 1.54) is 16.7 Å². The third kappa shape index (κ3) is 5.57. The number of aliphatic carboxylic acids is 1. The third-order valence-electron chi connectivity index (χ3n) is 7.72. The molecule has 2 unspecified atom stereocenters. The summed E-state index contributed by atoms with van der Waals surface area (Å²) in [4.78, 5) is 26.0. The summed E-state index contributed by atoms with van der Waals surface area (Å²) in [5.41, 5.74) is 4.29. The number of fused-ring (bicyclic) bond motifs is 1. The highest BCUT2D eigenvalue weighted by atomic mass is 16.5. The summed E-state index contributed by atoms with van der Waals surface area (Å²) in [7, 11) is 0. The molecule has 2 atom stereocenters. The fourth-order valence-corrected chi connectivity index (χ4v) is 5.83. The molecule has 194 valence electrons. The molecule has 1 aliphatic carbocycles. The third-order valence-corrected chi connectivity index (χ3v) is 7.72. The topological polar surface area (TPSA) is 66.8 Å². The number of amides is 1. The van der Waals surface area contributed by atoms with Crippen LogP contribution < -0.4 is 4.74 Å². The Kier molecular flexibility index (Phi) is 7.45. The van der Waals surface area contributed by atoms with Gasteiger partial charge in [0.1, 0.15) is 5.75 Å². The summed E-state index contributed by atoms with van der Waals surface area (Å²) >= 11 is 0. The van der Waals surface area contributed by atoms with Crippen LogP contribution in [0.5, 0.6) is 5.75 Å². The first kappa shape index (κ1) is 25.5. The zero-order valence-corrected chi connectivity index (χ0v) is 21.6. The minimum atomic E-state index is -0.982. The van der Waals surface area contributed by atoms with Gasteiger partial charge in [-0.15, -0.1) is 0 Å². The number of carbonyl (C=O) groups excluding carboxylic acids is 1. The molecule has 1 aliphatic heterocycles. The maximum Gasteiger partial charge on any atom is 0.341 e. The molecule has 1 amide bonds. The molecule has 0 radical (unpaired) electrons. The van der Waals surface area contributed by atoms with Crippen LogP contribution in [0.15, 0.2) is 103 Å². The van der Waals surface area contributed by atoms with E-state index in [0.29, 0.717) is 18.2 Å². The Morgan fingerprint density at radius 1 is 1.00 bits per heavy atom. The highest BCUT2D eigenvalue weighted by Crippen LogP contribution is 2.44. The summed E-state index contributed by atoms with van der Waals surface area (Å²) < 4.78 is 5.52. The van der Waals surface area contributed by atoms with Crippen molar-refractivity contribution in [2.24, 2.45) is 11.3 Å². The van der Waals surface area contributed by atoms with Crippen LogP contribution in [0.1, 0.15) is 41.5 Å². The first-order valence-electron chi connectivity index (χ1n) is 13.2. The van der Waals surface area contributed by atoms with Gasteiger partial charge in [0.25, 0.3) is 0 Å². The number of carboxylic acids is 1. The van der Waals surface area contributed by atoms with E-state index in [9.17, 15) is 9.59 Å². The minimum absolute atomic E-state index is 0.00538. The number of hydrogen-bond acceptors (Lipinski definition) is 3. The van der Waals surface area contributed by atoms with Gasteiger partial charge in [-0.3, -0.25) is 4.79 Å². The molecular weight excluding hydrogens is 474 g/mol. The van der Waals surface area contributed by atoms with E-state index in [4.69, 9.17) is 9.84 Å². The lowest BCUT2D eigenvalue weighted by atomic mass is 9.70. The Bertz CT molecular complexity index is 1310. The van der Waals surface area contributed by atoms with E-state index in [1.54, 1.807) is 6.08 Å². The number of ether oxygens (including phenoxy) is 1. The number of nitrogens with zero attached hydrogens (tertiary/aromatic N) is 1. The number of hydrogen-bond donors (Lipinski definition) is 1. The number of rotatable bonds is 8. The molecule has 0 spiro atoms. The number of allylic oxidation sites excluding steroid dienone is 2. The minimum Gasteiger partial charge on any atom is -0.482 e. The van der Waals surface area contributed by atoms with Gasteiger partial charge in [0.05, 0.1) is 0 Å². The van der Waals surface area contributed by atoms with Gasteiger partial charge in [-0.05, 0) is 53.5 Å². The molecule has 5 nitrogen and oxygen atoms in total. The summed E-state index contributed by atoms with van der Waals surface area (Å²) in [6, 6.07) is 26.8. The summed E-state index contributed by atoms with van der Waals surface area (Å²) in [6.07, 6.45) is 10.5. The average molecular weight is 508 g/mol. The molecule has 2 aliphatic rings. The molecule has 1 N–H and O–H groups in total. The largest absolute Gasteiger partial charge is 0.482 e. The van der Waals surface area contributed by atoms with Gasteiger partial charge >= 0.3 is 5.97 Å². The van der Waals surface area contributed by atoms with Crippen LogP contribution in [0.3, 0.4) is 0 Å². The second-order valence-electron chi connectivity index (χ2n) is 10.4. The normalized spacial score (nSPS) is 20.7. The molecule has 0 aromatic heterocycles. The summed E-state index contributed by atoms with van der Waals surface area (Å²) in [6.45, 7) is 2.48. The van der Waals surface area contributed by atoms with Gasteiger partial charge in [0.2, 0.25) is 5.91 Å². The van der Waals surface area contributed by atoms with Crippen molar-refractivity contribution in [3.05, 3.63) is 126 Å². The van der Waals surface area contributed by atoms with E-state index >= 15 is 0 Å². The van der Waals surface area contributed by atoms with Gasteiger partial charge in [-0.25, -0.2) is 4.79 Å². The second kappa shape index (κ2) is 11.1. The fraction of sp³-hybridized carbons (Fsp3) is 0.273. The smallest absolute Gasteiger partial charge is 0.341 e. The average Bonchev–Trinajstić information content (AvgIpc) is 3.07. The molecule has 3 aromatic rings. The molecular formula is C33H33NO4. The van der Waals surface area contributed by atoms with Crippen molar-refractivity contribution < 1.29 is 19.4 Å². The molecule has 0 bridgehead atoms. The summed E-state index contributed by atoms with van der Waals surface area (Å²) in [5, 5.41) is 8.98. The Hall–Kier alpha value is -4.12. The standard InChI is InChI=1S/C33H33NO4/c1-33(32(25-9-4-2-5-10-25)26-11-6-3-7-12-26)18-17-30(35)34(20-19-33)22-24-15-16-28-27(21-24)13-8-14-29(28)38-23-31(36)37/h2-14,17-20,24,32H,15-16,21-23H2,1H3,(H,36,37). The lowest BCUT2D eigenvalue weighted by molar-refractivity contribution is -0.139. The molecule has 5 heteroatoms. The van der Waals surface area contributed by atoms with Crippen molar-refractivity contribution in [2.45, 2.75) is 32.1 Å². The van der Waals surface area contributed by atoms with Crippen molar-refractivity contribution in [2.75, 3.05) is 13.2 Å². The number of carboxylic acid groups (broad SMARTS) is 1. The van der Waals surface area contributed by atoms with E-state index in [2.05, 4.69) is 73.7 Å². The molecule has 5 rings (SSSR count).